The van der Waals surface area contributed by atoms with E-state index in [0.717, 1.165) is 0 Å². The van der Waals surface area contributed by atoms with E-state index in [9.17, 15) is 18.0 Å². The number of nitrogens with zero attached hydrogens (tertiary/aromatic N) is 5. The van der Waals surface area contributed by atoms with Crippen molar-refractivity contribution < 1.29 is 18.0 Å². The molecule has 0 spiro atoms. The van der Waals surface area contributed by atoms with Crippen molar-refractivity contribution in [1.29, 1.82) is 0 Å². The molecule has 3 aromatic rings. The zero-order valence-electron chi connectivity index (χ0n) is 14.1. The van der Waals surface area contributed by atoms with E-state index in [0.29, 0.717) is 11.0 Å². The van der Waals surface area contributed by atoms with Crippen molar-refractivity contribution in [3.63, 3.8) is 0 Å². The summed E-state index contributed by atoms with van der Waals surface area (Å²) in [6.07, 6.45) is 2.58. The number of fused-ring (bicyclic) bond motifs is 1. The standard InChI is InChI=1S/C16H16F3N7O/c17-16(18,19)9-1-3-10(4-2-9)22-14(27)13-12-11(7-21-25-12)23-15(24-13)26-6-5-20-8-26/h5-10H,1-4H2,(H,21,25)(H,22,27)/t9-,10-. The second-order valence-electron chi connectivity index (χ2n) is 6.54. The van der Waals surface area contributed by atoms with E-state index in [1.807, 2.05) is 0 Å². The van der Waals surface area contributed by atoms with Crippen molar-refractivity contribution in [1.82, 2.24) is 35.0 Å². The number of halogens is 3. The van der Waals surface area contributed by atoms with E-state index in [1.54, 1.807) is 17.0 Å². The predicted molar refractivity (Wildman–Crippen MR) is 88.1 cm³/mol. The molecule has 1 aliphatic rings. The number of alkyl halides is 3. The highest BCUT2D eigenvalue weighted by Crippen LogP contribution is 2.37. The number of hydrogen-bond acceptors (Lipinski definition) is 5. The molecule has 0 unspecified atom stereocenters. The Labute approximate surface area is 151 Å². The van der Waals surface area contributed by atoms with E-state index in [-0.39, 0.29) is 43.4 Å². The highest BCUT2D eigenvalue weighted by molar-refractivity contribution is 6.02. The molecule has 0 aliphatic heterocycles. The summed E-state index contributed by atoms with van der Waals surface area (Å²) in [5, 5.41) is 9.38. The first-order chi connectivity index (χ1) is 12.9. The Morgan fingerprint density at radius 1 is 1.22 bits per heavy atom. The van der Waals surface area contributed by atoms with Crippen molar-refractivity contribution in [3.8, 4) is 5.95 Å². The summed E-state index contributed by atoms with van der Waals surface area (Å²) in [7, 11) is 0. The van der Waals surface area contributed by atoms with Gasteiger partial charge in [0.1, 0.15) is 17.4 Å². The maximum atomic E-state index is 12.8. The molecule has 27 heavy (non-hydrogen) atoms. The predicted octanol–water partition coefficient (Wildman–Crippen LogP) is 2.39. The van der Waals surface area contributed by atoms with E-state index in [1.165, 1.54) is 12.5 Å². The number of carbonyl (C=O) groups excluding carboxylic acids is 1. The number of amides is 1. The summed E-state index contributed by atoms with van der Waals surface area (Å²) in [6.45, 7) is 0. The molecule has 0 saturated heterocycles. The van der Waals surface area contributed by atoms with Gasteiger partial charge < -0.3 is 5.32 Å². The first-order valence-corrected chi connectivity index (χ1v) is 8.49. The minimum absolute atomic E-state index is 0.0119. The minimum atomic E-state index is -4.18. The number of nitrogens with one attached hydrogen (secondary N) is 2. The van der Waals surface area contributed by atoms with Crippen LogP contribution in [0.5, 0.6) is 0 Å². The third kappa shape index (κ3) is 3.49. The molecule has 0 radical (unpaired) electrons. The molecule has 0 atom stereocenters. The maximum Gasteiger partial charge on any atom is 0.391 e. The summed E-state index contributed by atoms with van der Waals surface area (Å²) < 4.78 is 39.9. The highest BCUT2D eigenvalue weighted by Gasteiger charge is 2.41. The monoisotopic (exact) mass is 379 g/mol. The summed E-state index contributed by atoms with van der Waals surface area (Å²) >= 11 is 0. The molecular formula is C16H16F3N7O. The van der Waals surface area contributed by atoms with E-state index >= 15 is 0 Å². The first-order valence-electron chi connectivity index (χ1n) is 8.49. The van der Waals surface area contributed by atoms with Gasteiger partial charge in [-0.2, -0.15) is 18.3 Å². The number of carbonyl (C=O) groups is 1. The van der Waals surface area contributed by atoms with Crippen molar-refractivity contribution in [2.45, 2.75) is 37.9 Å². The summed E-state index contributed by atoms with van der Waals surface area (Å²) in [4.78, 5) is 25.3. The zero-order chi connectivity index (χ0) is 19.0. The van der Waals surface area contributed by atoms with Crippen molar-refractivity contribution in [3.05, 3.63) is 30.6 Å². The van der Waals surface area contributed by atoms with Crippen LogP contribution >= 0.6 is 0 Å². The smallest absolute Gasteiger partial charge is 0.348 e. The van der Waals surface area contributed by atoms with Crippen LogP contribution in [0, 0.1) is 5.92 Å². The molecule has 1 aliphatic carbocycles. The quantitative estimate of drug-likeness (QED) is 0.728. The average Bonchev–Trinajstić information content (AvgIpc) is 3.32. The Bertz CT molecular complexity index is 943. The second-order valence-corrected chi connectivity index (χ2v) is 6.54. The van der Waals surface area contributed by atoms with Crippen molar-refractivity contribution >= 4 is 16.9 Å². The van der Waals surface area contributed by atoms with Crippen LogP contribution in [-0.2, 0) is 0 Å². The second kappa shape index (κ2) is 6.63. The Morgan fingerprint density at radius 2 is 2.00 bits per heavy atom. The molecule has 3 heterocycles. The third-order valence-electron chi connectivity index (χ3n) is 4.76. The molecule has 8 nitrogen and oxygen atoms in total. The lowest BCUT2D eigenvalue weighted by atomic mass is 9.85. The number of aromatic nitrogens is 6. The lowest BCUT2D eigenvalue weighted by Gasteiger charge is -2.30. The lowest BCUT2D eigenvalue weighted by Crippen LogP contribution is -2.40. The topological polar surface area (TPSA) is 101 Å². The number of hydrogen-bond donors (Lipinski definition) is 2. The fourth-order valence-corrected chi connectivity index (χ4v) is 3.30. The van der Waals surface area contributed by atoms with Crippen LogP contribution in [-0.4, -0.2) is 47.8 Å². The normalized spacial score (nSPS) is 20.7. The van der Waals surface area contributed by atoms with Crippen molar-refractivity contribution in [2.75, 3.05) is 0 Å². The largest absolute Gasteiger partial charge is 0.391 e. The van der Waals surface area contributed by atoms with Crippen LogP contribution in [0.25, 0.3) is 17.0 Å². The lowest BCUT2D eigenvalue weighted by molar-refractivity contribution is -0.182. The Morgan fingerprint density at radius 3 is 2.67 bits per heavy atom. The molecule has 142 valence electrons. The maximum absolute atomic E-state index is 12.8. The van der Waals surface area contributed by atoms with E-state index in [4.69, 9.17) is 0 Å². The Balaban J connectivity index is 1.54. The van der Waals surface area contributed by atoms with E-state index in [2.05, 4.69) is 30.5 Å². The summed E-state index contributed by atoms with van der Waals surface area (Å²) in [5.74, 6) is -1.51. The molecule has 0 aromatic carbocycles. The Hall–Kier alpha value is -2.98. The van der Waals surface area contributed by atoms with Gasteiger partial charge in [-0.1, -0.05) is 0 Å². The number of aromatic amines is 1. The van der Waals surface area contributed by atoms with Gasteiger partial charge in [-0.05, 0) is 25.7 Å². The van der Waals surface area contributed by atoms with Crippen LogP contribution < -0.4 is 5.32 Å². The van der Waals surface area contributed by atoms with Gasteiger partial charge in [-0.25, -0.2) is 15.0 Å². The SMILES string of the molecule is O=C(N[C@H]1CC[C@H](C(F)(F)F)CC1)c1nc(-n2ccnc2)nc2cn[nH]c12. The minimum Gasteiger partial charge on any atom is -0.348 e. The number of rotatable bonds is 3. The molecular weight excluding hydrogens is 363 g/mol. The molecule has 1 fully saturated rings. The van der Waals surface area contributed by atoms with Crippen LogP contribution in [0.4, 0.5) is 13.2 Å². The van der Waals surface area contributed by atoms with Gasteiger partial charge in [-0.3, -0.25) is 14.5 Å². The molecule has 3 aromatic heterocycles. The van der Waals surface area contributed by atoms with Crippen LogP contribution in [0.3, 0.4) is 0 Å². The van der Waals surface area contributed by atoms with E-state index < -0.39 is 18.0 Å². The van der Waals surface area contributed by atoms with Gasteiger partial charge >= 0.3 is 6.18 Å². The van der Waals surface area contributed by atoms with Gasteiger partial charge in [0.25, 0.3) is 5.91 Å². The van der Waals surface area contributed by atoms with Gasteiger partial charge in [-0.15, -0.1) is 0 Å². The van der Waals surface area contributed by atoms with Gasteiger partial charge in [0.15, 0.2) is 5.69 Å². The fourth-order valence-electron chi connectivity index (χ4n) is 3.30. The van der Waals surface area contributed by atoms with Crippen LogP contribution in [0.15, 0.2) is 24.9 Å². The molecule has 1 amide bonds. The van der Waals surface area contributed by atoms with Crippen molar-refractivity contribution in [2.24, 2.45) is 5.92 Å². The van der Waals surface area contributed by atoms with Gasteiger partial charge in [0, 0.05) is 18.4 Å². The number of H-pyrrole nitrogens is 1. The van der Waals surface area contributed by atoms with Crippen LogP contribution in [0.1, 0.15) is 36.2 Å². The Kier molecular flexibility index (Phi) is 4.28. The molecule has 0 bridgehead atoms. The number of imidazole rings is 1. The summed E-state index contributed by atoms with van der Waals surface area (Å²) in [5.41, 5.74) is 0.930. The molecule has 2 N–H and O–H groups in total. The van der Waals surface area contributed by atoms with Gasteiger partial charge in [0.2, 0.25) is 5.95 Å². The first kappa shape index (κ1) is 17.4. The average molecular weight is 379 g/mol. The zero-order valence-corrected chi connectivity index (χ0v) is 14.1. The highest BCUT2D eigenvalue weighted by atomic mass is 19.4. The van der Waals surface area contributed by atoms with Crippen LogP contribution in [0.2, 0.25) is 0 Å². The summed E-state index contributed by atoms with van der Waals surface area (Å²) in [6, 6.07) is -0.319. The fraction of sp³-hybridized carbons (Fsp3) is 0.438. The third-order valence-corrected chi connectivity index (χ3v) is 4.76. The van der Waals surface area contributed by atoms with Gasteiger partial charge in [0.05, 0.1) is 12.1 Å². The molecule has 4 rings (SSSR count). The molecule has 1 saturated carbocycles. The molecule has 11 heteroatoms.